The van der Waals surface area contributed by atoms with Crippen molar-refractivity contribution in [3.05, 3.63) is 71.8 Å². The van der Waals surface area contributed by atoms with Crippen LogP contribution < -0.4 is 0 Å². The molecule has 0 saturated heterocycles. The van der Waals surface area contributed by atoms with Gasteiger partial charge in [-0.2, -0.15) is 0 Å². The summed E-state index contributed by atoms with van der Waals surface area (Å²) in [7, 11) is 0. The number of pyridine rings is 2. The molecule has 116 valence electrons. The van der Waals surface area contributed by atoms with Gasteiger partial charge in [-0.1, -0.05) is 38.1 Å². The van der Waals surface area contributed by atoms with Crippen molar-refractivity contribution in [1.29, 1.82) is 0 Å². The summed E-state index contributed by atoms with van der Waals surface area (Å²) in [6, 6.07) is 12.9. The van der Waals surface area contributed by atoms with Gasteiger partial charge in [0, 0.05) is 35.4 Å². The molecule has 3 rings (SSSR count). The first kappa shape index (κ1) is 15.4. The Hall–Kier alpha value is -2.48. The molecule has 0 bridgehead atoms. The van der Waals surface area contributed by atoms with Crippen LogP contribution in [0.4, 0.5) is 0 Å². The number of rotatable bonds is 3. The van der Waals surface area contributed by atoms with E-state index in [1.165, 1.54) is 27.8 Å². The van der Waals surface area contributed by atoms with Crippen molar-refractivity contribution in [2.24, 2.45) is 0 Å². The minimum atomic E-state index is 0.447. The fourth-order valence-corrected chi connectivity index (χ4v) is 2.85. The Kier molecular flexibility index (Phi) is 4.24. The normalized spacial score (nSPS) is 11.0. The van der Waals surface area contributed by atoms with Crippen molar-refractivity contribution in [3.63, 3.8) is 0 Å². The summed E-state index contributed by atoms with van der Waals surface area (Å²) in [4.78, 5) is 8.72. The van der Waals surface area contributed by atoms with Crippen LogP contribution in [0.3, 0.4) is 0 Å². The minimum Gasteiger partial charge on any atom is -0.264 e. The van der Waals surface area contributed by atoms with Gasteiger partial charge in [-0.3, -0.25) is 9.97 Å². The number of benzene rings is 1. The molecule has 0 fully saturated rings. The molecular weight excluding hydrogens is 280 g/mol. The average molecular weight is 302 g/mol. The summed E-state index contributed by atoms with van der Waals surface area (Å²) in [5.41, 5.74) is 8.50. The molecule has 2 heterocycles. The standard InChI is InChI=1S/C21H22N2/c1-14(2)20-11-17(18-6-5-16(4)23-12-18)7-8-19(20)21-13-22-10-9-15(21)3/h5-14H,1-4H3. The Labute approximate surface area is 138 Å². The van der Waals surface area contributed by atoms with Gasteiger partial charge in [-0.05, 0) is 54.2 Å². The highest BCUT2D eigenvalue weighted by Gasteiger charge is 2.12. The van der Waals surface area contributed by atoms with Crippen LogP contribution in [0.5, 0.6) is 0 Å². The molecule has 0 aliphatic heterocycles. The average Bonchev–Trinajstić information content (AvgIpc) is 2.55. The first-order chi connectivity index (χ1) is 11.1. The maximum Gasteiger partial charge on any atom is 0.0373 e. The van der Waals surface area contributed by atoms with Crippen LogP contribution in [0, 0.1) is 13.8 Å². The van der Waals surface area contributed by atoms with Gasteiger partial charge in [0.05, 0.1) is 0 Å². The van der Waals surface area contributed by atoms with Crippen LogP contribution in [0.1, 0.15) is 36.6 Å². The Balaban J connectivity index is 2.13. The quantitative estimate of drug-likeness (QED) is 0.634. The molecule has 2 nitrogen and oxygen atoms in total. The minimum absolute atomic E-state index is 0.447. The summed E-state index contributed by atoms with van der Waals surface area (Å²) < 4.78 is 0. The van der Waals surface area contributed by atoms with E-state index in [1.54, 1.807) is 0 Å². The van der Waals surface area contributed by atoms with Crippen LogP contribution in [0.25, 0.3) is 22.3 Å². The van der Waals surface area contributed by atoms with E-state index < -0.39 is 0 Å². The van der Waals surface area contributed by atoms with E-state index in [1.807, 2.05) is 25.5 Å². The van der Waals surface area contributed by atoms with Crippen LogP contribution in [0.15, 0.2) is 55.0 Å². The van der Waals surface area contributed by atoms with E-state index >= 15 is 0 Å². The second kappa shape index (κ2) is 6.33. The molecule has 0 aliphatic rings. The first-order valence-corrected chi connectivity index (χ1v) is 8.04. The zero-order valence-electron chi connectivity index (χ0n) is 14.2. The third kappa shape index (κ3) is 3.16. The molecule has 2 heteroatoms. The molecule has 23 heavy (non-hydrogen) atoms. The van der Waals surface area contributed by atoms with Crippen molar-refractivity contribution < 1.29 is 0 Å². The van der Waals surface area contributed by atoms with Gasteiger partial charge in [-0.15, -0.1) is 0 Å². The van der Waals surface area contributed by atoms with Gasteiger partial charge < -0.3 is 0 Å². The number of hydrogen-bond acceptors (Lipinski definition) is 2. The number of aryl methyl sites for hydroxylation is 2. The van der Waals surface area contributed by atoms with E-state index in [0.717, 1.165) is 11.3 Å². The largest absolute Gasteiger partial charge is 0.264 e. The lowest BCUT2D eigenvalue weighted by molar-refractivity contribution is 0.869. The van der Waals surface area contributed by atoms with Crippen molar-refractivity contribution >= 4 is 0 Å². The topological polar surface area (TPSA) is 25.8 Å². The summed E-state index contributed by atoms with van der Waals surface area (Å²) in [6.45, 7) is 8.62. The Bertz CT molecular complexity index is 818. The van der Waals surface area contributed by atoms with Gasteiger partial charge in [0.1, 0.15) is 0 Å². The lowest BCUT2D eigenvalue weighted by atomic mass is 9.89. The lowest BCUT2D eigenvalue weighted by Crippen LogP contribution is -1.96. The van der Waals surface area contributed by atoms with E-state index in [2.05, 4.69) is 67.1 Å². The highest BCUT2D eigenvalue weighted by atomic mass is 14.7. The predicted octanol–water partition coefficient (Wildman–Crippen LogP) is 5.55. The highest BCUT2D eigenvalue weighted by Crippen LogP contribution is 2.34. The van der Waals surface area contributed by atoms with E-state index in [9.17, 15) is 0 Å². The van der Waals surface area contributed by atoms with Gasteiger partial charge >= 0.3 is 0 Å². The van der Waals surface area contributed by atoms with Gasteiger partial charge in [0.15, 0.2) is 0 Å². The summed E-state index contributed by atoms with van der Waals surface area (Å²) in [5, 5.41) is 0. The Morgan fingerprint density at radius 3 is 2.26 bits per heavy atom. The van der Waals surface area contributed by atoms with E-state index in [-0.39, 0.29) is 0 Å². The van der Waals surface area contributed by atoms with Crippen molar-refractivity contribution in [2.45, 2.75) is 33.6 Å². The molecule has 0 radical (unpaired) electrons. The van der Waals surface area contributed by atoms with Crippen molar-refractivity contribution in [1.82, 2.24) is 9.97 Å². The third-order valence-electron chi connectivity index (χ3n) is 4.25. The zero-order valence-corrected chi connectivity index (χ0v) is 14.2. The summed E-state index contributed by atoms with van der Waals surface area (Å²) in [6.07, 6.45) is 5.76. The lowest BCUT2D eigenvalue weighted by Gasteiger charge is -2.16. The zero-order chi connectivity index (χ0) is 16.4. The Morgan fingerprint density at radius 2 is 1.61 bits per heavy atom. The number of aromatic nitrogens is 2. The maximum absolute atomic E-state index is 4.41. The van der Waals surface area contributed by atoms with Crippen LogP contribution in [-0.4, -0.2) is 9.97 Å². The van der Waals surface area contributed by atoms with Crippen molar-refractivity contribution in [3.8, 4) is 22.3 Å². The predicted molar refractivity (Wildman–Crippen MR) is 96.5 cm³/mol. The monoisotopic (exact) mass is 302 g/mol. The van der Waals surface area contributed by atoms with E-state index in [0.29, 0.717) is 5.92 Å². The van der Waals surface area contributed by atoms with Crippen LogP contribution in [-0.2, 0) is 0 Å². The summed E-state index contributed by atoms with van der Waals surface area (Å²) in [5.74, 6) is 0.447. The molecule has 0 unspecified atom stereocenters. The van der Waals surface area contributed by atoms with Crippen molar-refractivity contribution in [2.75, 3.05) is 0 Å². The molecule has 0 spiro atoms. The smallest absolute Gasteiger partial charge is 0.0373 e. The number of nitrogens with zero attached hydrogens (tertiary/aromatic N) is 2. The molecule has 0 N–H and O–H groups in total. The molecule has 0 amide bonds. The Morgan fingerprint density at radius 1 is 0.826 bits per heavy atom. The highest BCUT2D eigenvalue weighted by molar-refractivity contribution is 5.75. The molecule has 2 aromatic heterocycles. The molecule has 0 aliphatic carbocycles. The summed E-state index contributed by atoms with van der Waals surface area (Å²) >= 11 is 0. The van der Waals surface area contributed by atoms with Gasteiger partial charge in [0.2, 0.25) is 0 Å². The molecule has 0 saturated carbocycles. The van der Waals surface area contributed by atoms with Crippen LogP contribution in [0.2, 0.25) is 0 Å². The van der Waals surface area contributed by atoms with E-state index in [4.69, 9.17) is 0 Å². The second-order valence-electron chi connectivity index (χ2n) is 6.34. The molecular formula is C21H22N2. The first-order valence-electron chi connectivity index (χ1n) is 8.04. The molecule has 1 aromatic carbocycles. The number of hydrogen-bond donors (Lipinski definition) is 0. The van der Waals surface area contributed by atoms with Gasteiger partial charge in [0.25, 0.3) is 0 Å². The fraction of sp³-hybridized carbons (Fsp3) is 0.238. The fourth-order valence-electron chi connectivity index (χ4n) is 2.85. The van der Waals surface area contributed by atoms with Gasteiger partial charge in [-0.25, -0.2) is 0 Å². The molecule has 3 aromatic rings. The van der Waals surface area contributed by atoms with Crippen LogP contribution >= 0.6 is 0 Å². The third-order valence-corrected chi connectivity index (χ3v) is 4.25. The maximum atomic E-state index is 4.41. The SMILES string of the molecule is Cc1ccc(-c2ccc(-c3cnccc3C)c(C(C)C)c2)cn1. The molecule has 0 atom stereocenters. The second-order valence-corrected chi connectivity index (χ2v) is 6.34.